The Morgan fingerprint density at radius 3 is 2.43 bits per heavy atom. The first-order valence-electron chi connectivity index (χ1n) is 8.28. The van der Waals surface area contributed by atoms with Crippen LogP contribution in [0, 0.1) is 11.8 Å². The summed E-state index contributed by atoms with van der Waals surface area (Å²) in [6, 6.07) is 0.0793. The average Bonchev–Trinajstić information content (AvgIpc) is 2.47. The molecule has 21 heavy (non-hydrogen) atoms. The van der Waals surface area contributed by atoms with Gasteiger partial charge in [0.25, 0.3) is 0 Å². The highest BCUT2D eigenvalue weighted by Gasteiger charge is 2.28. The van der Waals surface area contributed by atoms with Crippen molar-refractivity contribution < 1.29 is 14.7 Å². The molecule has 1 saturated heterocycles. The molecule has 0 bridgehead atoms. The molecule has 120 valence electrons. The second-order valence-electron chi connectivity index (χ2n) is 6.72. The predicted molar refractivity (Wildman–Crippen MR) is 81.2 cm³/mol. The lowest BCUT2D eigenvalue weighted by atomic mass is 9.89. The van der Waals surface area contributed by atoms with Gasteiger partial charge in [0.1, 0.15) is 0 Å². The number of nitrogens with zero attached hydrogens (tertiary/aromatic N) is 2. The van der Waals surface area contributed by atoms with E-state index in [1.807, 2.05) is 16.8 Å². The van der Waals surface area contributed by atoms with Gasteiger partial charge in [0.2, 0.25) is 0 Å². The second-order valence-corrected chi connectivity index (χ2v) is 6.72. The van der Waals surface area contributed by atoms with Crippen molar-refractivity contribution in [1.29, 1.82) is 0 Å². The van der Waals surface area contributed by atoms with E-state index in [1.54, 1.807) is 0 Å². The molecular weight excluding hydrogens is 268 g/mol. The van der Waals surface area contributed by atoms with Gasteiger partial charge in [-0.05, 0) is 37.5 Å². The van der Waals surface area contributed by atoms with Crippen molar-refractivity contribution in [2.24, 2.45) is 11.8 Å². The third-order valence-corrected chi connectivity index (χ3v) is 4.84. The SMILES string of the molecule is CN(CC1CCCCC1)C(=O)N1CCCC(CC(=O)O)C1. The summed E-state index contributed by atoms with van der Waals surface area (Å²) in [5.41, 5.74) is 0. The number of piperidine rings is 1. The van der Waals surface area contributed by atoms with Crippen molar-refractivity contribution in [1.82, 2.24) is 9.80 Å². The minimum Gasteiger partial charge on any atom is -0.481 e. The molecule has 1 N–H and O–H groups in total. The molecule has 2 amide bonds. The van der Waals surface area contributed by atoms with E-state index in [1.165, 1.54) is 32.1 Å². The summed E-state index contributed by atoms with van der Waals surface area (Å²) in [6.07, 6.45) is 8.39. The van der Waals surface area contributed by atoms with Gasteiger partial charge >= 0.3 is 12.0 Å². The molecule has 2 fully saturated rings. The number of hydrogen-bond acceptors (Lipinski definition) is 2. The summed E-state index contributed by atoms with van der Waals surface area (Å²) in [7, 11) is 1.89. The standard InChI is InChI=1S/C16H28N2O3/c1-17(11-13-6-3-2-4-7-13)16(21)18-9-5-8-14(12-18)10-15(19)20/h13-14H,2-12H2,1H3,(H,19,20). The van der Waals surface area contributed by atoms with Crippen LogP contribution in [-0.2, 0) is 4.79 Å². The minimum absolute atomic E-state index is 0.0793. The normalized spacial score (nSPS) is 23.9. The van der Waals surface area contributed by atoms with Crippen LogP contribution in [0.3, 0.4) is 0 Å². The van der Waals surface area contributed by atoms with E-state index in [-0.39, 0.29) is 18.4 Å². The van der Waals surface area contributed by atoms with Gasteiger partial charge in [-0.15, -0.1) is 0 Å². The highest BCUT2D eigenvalue weighted by Crippen LogP contribution is 2.25. The fraction of sp³-hybridized carbons (Fsp3) is 0.875. The Bertz CT molecular complexity index is 367. The molecule has 2 aliphatic rings. The fourth-order valence-electron chi connectivity index (χ4n) is 3.73. The lowest BCUT2D eigenvalue weighted by Crippen LogP contribution is -2.47. The van der Waals surface area contributed by atoms with Crippen molar-refractivity contribution in [3.8, 4) is 0 Å². The topological polar surface area (TPSA) is 60.9 Å². The van der Waals surface area contributed by atoms with Crippen molar-refractivity contribution in [2.45, 2.75) is 51.4 Å². The van der Waals surface area contributed by atoms with Crippen LogP contribution in [0.1, 0.15) is 51.4 Å². The third kappa shape index (κ3) is 4.90. The molecule has 1 aliphatic heterocycles. The quantitative estimate of drug-likeness (QED) is 0.867. The number of carbonyl (C=O) groups is 2. The zero-order valence-electron chi connectivity index (χ0n) is 13.1. The lowest BCUT2D eigenvalue weighted by molar-refractivity contribution is -0.138. The number of hydrogen-bond donors (Lipinski definition) is 1. The molecule has 1 unspecified atom stereocenters. The molecule has 0 radical (unpaired) electrons. The summed E-state index contributed by atoms with van der Waals surface area (Å²) in [5.74, 6) is 0.000414. The highest BCUT2D eigenvalue weighted by atomic mass is 16.4. The largest absolute Gasteiger partial charge is 0.481 e. The van der Waals surface area contributed by atoms with Crippen LogP contribution in [0.5, 0.6) is 0 Å². The monoisotopic (exact) mass is 296 g/mol. The molecule has 5 nitrogen and oxygen atoms in total. The van der Waals surface area contributed by atoms with Gasteiger partial charge in [-0.3, -0.25) is 4.79 Å². The van der Waals surface area contributed by atoms with E-state index < -0.39 is 5.97 Å². The molecule has 0 aromatic carbocycles. The molecule has 5 heteroatoms. The number of rotatable bonds is 4. The van der Waals surface area contributed by atoms with E-state index in [4.69, 9.17) is 5.11 Å². The maximum atomic E-state index is 12.5. The maximum Gasteiger partial charge on any atom is 0.319 e. The molecule has 0 spiro atoms. The van der Waals surface area contributed by atoms with Crippen LogP contribution in [0.2, 0.25) is 0 Å². The molecular formula is C16H28N2O3. The summed E-state index contributed by atoms with van der Waals surface area (Å²) < 4.78 is 0. The van der Waals surface area contributed by atoms with Gasteiger partial charge in [-0.25, -0.2) is 4.79 Å². The number of amides is 2. The minimum atomic E-state index is -0.759. The van der Waals surface area contributed by atoms with E-state index >= 15 is 0 Å². The summed E-state index contributed by atoms with van der Waals surface area (Å²) >= 11 is 0. The average molecular weight is 296 g/mol. The Morgan fingerprint density at radius 1 is 1.10 bits per heavy atom. The smallest absolute Gasteiger partial charge is 0.319 e. The molecule has 0 aromatic rings. The fourth-order valence-corrected chi connectivity index (χ4v) is 3.73. The van der Waals surface area contributed by atoms with Gasteiger partial charge < -0.3 is 14.9 Å². The Labute approximate surface area is 127 Å². The number of carbonyl (C=O) groups excluding carboxylic acids is 1. The molecule has 1 aliphatic carbocycles. The van der Waals surface area contributed by atoms with Crippen LogP contribution < -0.4 is 0 Å². The van der Waals surface area contributed by atoms with Crippen molar-refractivity contribution in [3.05, 3.63) is 0 Å². The van der Waals surface area contributed by atoms with E-state index in [9.17, 15) is 9.59 Å². The van der Waals surface area contributed by atoms with E-state index in [0.29, 0.717) is 12.5 Å². The van der Waals surface area contributed by atoms with Gasteiger partial charge in [-0.2, -0.15) is 0 Å². The first kappa shape index (κ1) is 16.1. The predicted octanol–water partition coefficient (Wildman–Crippen LogP) is 2.81. The van der Waals surface area contributed by atoms with Crippen LogP contribution in [0.25, 0.3) is 0 Å². The summed E-state index contributed by atoms with van der Waals surface area (Å²) in [6.45, 7) is 2.21. The molecule has 1 heterocycles. The maximum absolute atomic E-state index is 12.5. The van der Waals surface area contributed by atoms with Gasteiger partial charge in [0, 0.05) is 33.1 Å². The van der Waals surface area contributed by atoms with Crippen LogP contribution >= 0.6 is 0 Å². The van der Waals surface area contributed by atoms with Gasteiger partial charge in [0.15, 0.2) is 0 Å². The van der Waals surface area contributed by atoms with Crippen molar-refractivity contribution >= 4 is 12.0 Å². The number of carboxylic acids is 1. The van der Waals surface area contributed by atoms with Gasteiger partial charge in [0.05, 0.1) is 0 Å². The molecule has 1 atom stereocenters. The molecule has 0 aromatic heterocycles. The van der Waals surface area contributed by atoms with E-state index in [2.05, 4.69) is 0 Å². The Hall–Kier alpha value is -1.26. The first-order valence-corrected chi connectivity index (χ1v) is 8.28. The second kappa shape index (κ2) is 7.66. The Balaban J connectivity index is 1.81. The van der Waals surface area contributed by atoms with Crippen LogP contribution in [0.4, 0.5) is 4.79 Å². The number of carboxylic acid groups (broad SMARTS) is 1. The van der Waals surface area contributed by atoms with Crippen LogP contribution in [0.15, 0.2) is 0 Å². The zero-order chi connectivity index (χ0) is 15.2. The summed E-state index contributed by atoms with van der Waals surface area (Å²) in [5, 5.41) is 8.90. The highest BCUT2D eigenvalue weighted by molar-refractivity contribution is 5.74. The van der Waals surface area contributed by atoms with Crippen molar-refractivity contribution in [3.63, 3.8) is 0 Å². The third-order valence-electron chi connectivity index (χ3n) is 4.84. The molecule has 2 rings (SSSR count). The Morgan fingerprint density at radius 2 is 1.76 bits per heavy atom. The van der Waals surface area contributed by atoms with Crippen LogP contribution in [-0.4, -0.2) is 53.6 Å². The lowest BCUT2D eigenvalue weighted by Gasteiger charge is -2.36. The van der Waals surface area contributed by atoms with E-state index in [0.717, 1.165) is 25.9 Å². The number of aliphatic carboxylic acids is 1. The molecule has 1 saturated carbocycles. The zero-order valence-corrected chi connectivity index (χ0v) is 13.1. The van der Waals surface area contributed by atoms with Crippen molar-refractivity contribution in [2.75, 3.05) is 26.7 Å². The summed E-state index contributed by atoms with van der Waals surface area (Å²) in [4.78, 5) is 27.0. The van der Waals surface area contributed by atoms with Gasteiger partial charge in [-0.1, -0.05) is 19.3 Å². The number of likely N-dealkylation sites (tertiary alicyclic amines) is 1. The first-order chi connectivity index (χ1) is 10.1. The number of urea groups is 1. The Kier molecular flexibility index (Phi) is 5.88.